The average molecular weight is 1010 g/mol. The first-order valence-electron chi connectivity index (χ1n) is 32.3. The van der Waals surface area contributed by atoms with Crippen LogP contribution < -0.4 is 5.32 Å². The molecule has 2 unspecified atom stereocenters. The van der Waals surface area contributed by atoms with Crippen LogP contribution in [0.15, 0.2) is 36.5 Å². The maximum Gasteiger partial charge on any atom is 0.305 e. The Labute approximate surface area is 449 Å². The predicted molar refractivity (Wildman–Crippen MR) is 315 cm³/mol. The Hall–Kier alpha value is -1.92. The minimum absolute atomic E-state index is 0.00935. The number of carbonyl (C=O) groups excluding carboxylic acids is 2. The molecular weight excluding hydrogens is 887 g/mol. The smallest absolute Gasteiger partial charge is 0.305 e. The number of aliphatic hydroxyl groups is 2. The molecule has 0 aromatic carbocycles. The van der Waals surface area contributed by atoms with Gasteiger partial charge in [0.15, 0.2) is 0 Å². The van der Waals surface area contributed by atoms with Crippen molar-refractivity contribution in [2.24, 2.45) is 0 Å². The molecule has 2 atom stereocenters. The van der Waals surface area contributed by atoms with Crippen LogP contribution in [0.5, 0.6) is 0 Å². The van der Waals surface area contributed by atoms with Gasteiger partial charge in [-0.05, 0) is 83.5 Å². The summed E-state index contributed by atoms with van der Waals surface area (Å²) in [6, 6.07) is -0.624. The van der Waals surface area contributed by atoms with Gasteiger partial charge in [-0.25, -0.2) is 0 Å². The molecule has 0 heterocycles. The molecule has 0 aromatic rings. The van der Waals surface area contributed by atoms with E-state index in [-0.39, 0.29) is 18.5 Å². The van der Waals surface area contributed by atoms with Crippen molar-refractivity contribution in [2.45, 2.75) is 360 Å². The number of rotatable bonds is 60. The fourth-order valence-corrected chi connectivity index (χ4v) is 9.92. The van der Waals surface area contributed by atoms with E-state index in [0.717, 1.165) is 44.9 Å². The molecule has 424 valence electrons. The Balaban J connectivity index is 3.34. The van der Waals surface area contributed by atoms with Crippen molar-refractivity contribution in [3.8, 4) is 0 Å². The largest absolute Gasteiger partial charge is 0.466 e. The van der Waals surface area contributed by atoms with E-state index in [1.165, 1.54) is 276 Å². The molecule has 3 N–H and O–H groups in total. The van der Waals surface area contributed by atoms with Crippen molar-refractivity contribution in [3.63, 3.8) is 0 Å². The van der Waals surface area contributed by atoms with Crippen molar-refractivity contribution >= 4 is 11.9 Å². The van der Waals surface area contributed by atoms with Crippen LogP contribution in [0.25, 0.3) is 0 Å². The number of carbonyl (C=O) groups is 2. The van der Waals surface area contributed by atoms with E-state index in [1.54, 1.807) is 6.08 Å². The maximum absolute atomic E-state index is 12.4. The lowest BCUT2D eigenvalue weighted by Crippen LogP contribution is -2.45. The highest BCUT2D eigenvalue weighted by atomic mass is 16.5. The predicted octanol–water partition coefficient (Wildman–Crippen LogP) is 20.4. The van der Waals surface area contributed by atoms with E-state index in [4.69, 9.17) is 4.74 Å². The third-order valence-electron chi connectivity index (χ3n) is 14.9. The van der Waals surface area contributed by atoms with Crippen LogP contribution in [-0.2, 0) is 14.3 Å². The summed E-state index contributed by atoms with van der Waals surface area (Å²) in [7, 11) is 0. The van der Waals surface area contributed by atoms with Crippen molar-refractivity contribution in [3.05, 3.63) is 36.5 Å². The first kappa shape index (κ1) is 70.1. The van der Waals surface area contributed by atoms with E-state index in [1.807, 2.05) is 6.08 Å². The number of ether oxygens (including phenoxy) is 1. The van der Waals surface area contributed by atoms with Crippen LogP contribution in [0.1, 0.15) is 348 Å². The Morgan fingerprint density at radius 1 is 0.375 bits per heavy atom. The summed E-state index contributed by atoms with van der Waals surface area (Å²) in [6.07, 6.45) is 77.9. The molecule has 0 saturated heterocycles. The molecule has 6 heteroatoms. The summed E-state index contributed by atoms with van der Waals surface area (Å²) in [6.45, 7) is 4.88. The van der Waals surface area contributed by atoms with Crippen LogP contribution in [0, 0.1) is 0 Å². The molecule has 0 saturated carbocycles. The summed E-state index contributed by atoms with van der Waals surface area (Å²) in [5.74, 6) is -0.0592. The molecule has 0 radical (unpaired) electrons. The molecule has 0 rings (SSSR count). The van der Waals surface area contributed by atoms with Gasteiger partial charge in [0.1, 0.15) is 0 Å². The summed E-state index contributed by atoms with van der Waals surface area (Å²) < 4.78 is 5.49. The van der Waals surface area contributed by atoms with Gasteiger partial charge in [0.25, 0.3) is 0 Å². The molecule has 6 nitrogen and oxygen atoms in total. The van der Waals surface area contributed by atoms with Crippen molar-refractivity contribution < 1.29 is 24.5 Å². The average Bonchev–Trinajstić information content (AvgIpc) is 3.38. The zero-order valence-electron chi connectivity index (χ0n) is 48.4. The number of hydrogen-bond donors (Lipinski definition) is 3. The molecule has 0 fully saturated rings. The third-order valence-corrected chi connectivity index (χ3v) is 14.9. The minimum atomic E-state index is -0.841. The van der Waals surface area contributed by atoms with E-state index in [2.05, 4.69) is 43.5 Å². The van der Waals surface area contributed by atoms with Crippen molar-refractivity contribution in [1.29, 1.82) is 0 Å². The number of amides is 1. The zero-order chi connectivity index (χ0) is 52.2. The van der Waals surface area contributed by atoms with Gasteiger partial charge < -0.3 is 20.3 Å². The van der Waals surface area contributed by atoms with Gasteiger partial charge in [-0.15, -0.1) is 0 Å². The Bertz CT molecular complexity index is 1170. The second-order valence-corrected chi connectivity index (χ2v) is 22.1. The lowest BCUT2D eigenvalue weighted by atomic mass is 10.0. The highest BCUT2D eigenvalue weighted by molar-refractivity contribution is 5.76. The van der Waals surface area contributed by atoms with E-state index in [9.17, 15) is 19.8 Å². The second-order valence-electron chi connectivity index (χ2n) is 22.1. The first-order valence-corrected chi connectivity index (χ1v) is 32.3. The Kier molecular flexibility index (Phi) is 60.0. The van der Waals surface area contributed by atoms with Crippen LogP contribution in [0.4, 0.5) is 0 Å². The second kappa shape index (κ2) is 61.6. The fourth-order valence-electron chi connectivity index (χ4n) is 9.92. The number of esters is 1. The zero-order valence-corrected chi connectivity index (χ0v) is 48.4. The van der Waals surface area contributed by atoms with Crippen LogP contribution in [-0.4, -0.2) is 47.4 Å². The third kappa shape index (κ3) is 57.4. The summed E-state index contributed by atoms with van der Waals surface area (Å²) in [4.78, 5) is 24.5. The number of aliphatic hydroxyl groups excluding tert-OH is 2. The standard InChI is InChI=1S/C66H125NO5/c1-3-5-7-9-11-13-14-15-16-34-37-40-44-48-52-56-60-66(71)72-61-57-53-49-45-41-38-35-32-30-28-26-24-22-20-18-17-19-21-23-25-27-29-31-33-36-39-43-47-51-55-59-65(70)67-63(62-68)64(69)58-54-50-46-42-12-10-8-6-4-2/h16,18,20,34,54,58,63-64,68-69H,3-15,17,19,21-33,35-53,55-57,59-62H2,1-2H3,(H,67,70)/b20-18-,34-16-,58-54+. The number of allylic oxidation sites excluding steroid dienone is 5. The summed E-state index contributed by atoms with van der Waals surface area (Å²) in [5, 5.41) is 23.0. The Morgan fingerprint density at radius 2 is 0.653 bits per heavy atom. The van der Waals surface area contributed by atoms with Gasteiger partial charge >= 0.3 is 5.97 Å². The van der Waals surface area contributed by atoms with Crippen molar-refractivity contribution in [1.82, 2.24) is 5.32 Å². The number of nitrogens with one attached hydrogen (secondary N) is 1. The van der Waals surface area contributed by atoms with Gasteiger partial charge in [-0.1, -0.05) is 288 Å². The van der Waals surface area contributed by atoms with Crippen molar-refractivity contribution in [2.75, 3.05) is 13.2 Å². The SMILES string of the molecule is CCCCCCCCC/C=C\CCCCCCCC(=O)OCCCCCCCCCCCCCC/C=C\CCCCCCCCCCCCCCCCC(=O)NC(CO)C(O)/C=C/CCCCCCCCC. The molecule has 0 aliphatic rings. The van der Waals surface area contributed by atoms with E-state index >= 15 is 0 Å². The number of unbranched alkanes of at least 4 members (excludes halogenated alkanes) is 45. The quantitative estimate of drug-likeness (QED) is 0.0320. The molecule has 0 aromatic heterocycles. The number of hydrogen-bond acceptors (Lipinski definition) is 5. The van der Waals surface area contributed by atoms with Crippen LogP contribution in [0.2, 0.25) is 0 Å². The monoisotopic (exact) mass is 1010 g/mol. The molecule has 0 bridgehead atoms. The first-order chi connectivity index (χ1) is 35.5. The summed E-state index contributed by atoms with van der Waals surface area (Å²) in [5.41, 5.74) is 0. The van der Waals surface area contributed by atoms with Gasteiger partial charge in [0, 0.05) is 12.8 Å². The lowest BCUT2D eigenvalue weighted by molar-refractivity contribution is -0.143. The lowest BCUT2D eigenvalue weighted by Gasteiger charge is -2.20. The minimum Gasteiger partial charge on any atom is -0.466 e. The van der Waals surface area contributed by atoms with Gasteiger partial charge in [-0.3, -0.25) is 9.59 Å². The van der Waals surface area contributed by atoms with E-state index in [0.29, 0.717) is 19.4 Å². The molecule has 0 aliphatic carbocycles. The molecule has 0 spiro atoms. The van der Waals surface area contributed by atoms with Crippen LogP contribution >= 0.6 is 0 Å². The highest BCUT2D eigenvalue weighted by Crippen LogP contribution is 2.17. The molecular formula is C66H125NO5. The summed E-state index contributed by atoms with van der Waals surface area (Å²) >= 11 is 0. The topological polar surface area (TPSA) is 95.9 Å². The van der Waals surface area contributed by atoms with E-state index < -0.39 is 12.1 Å². The molecule has 0 aliphatic heterocycles. The highest BCUT2D eigenvalue weighted by Gasteiger charge is 2.18. The fraction of sp³-hybridized carbons (Fsp3) is 0.879. The van der Waals surface area contributed by atoms with Crippen LogP contribution in [0.3, 0.4) is 0 Å². The van der Waals surface area contributed by atoms with Gasteiger partial charge in [-0.2, -0.15) is 0 Å². The molecule has 1 amide bonds. The normalized spacial score (nSPS) is 12.8. The van der Waals surface area contributed by atoms with Gasteiger partial charge in [0.05, 0.1) is 25.4 Å². The Morgan fingerprint density at radius 3 is 0.986 bits per heavy atom. The van der Waals surface area contributed by atoms with Gasteiger partial charge in [0.2, 0.25) is 5.91 Å². The maximum atomic E-state index is 12.4. The molecule has 72 heavy (non-hydrogen) atoms.